The van der Waals surface area contributed by atoms with Gasteiger partial charge in [0.15, 0.2) is 11.9 Å². The molecule has 0 aromatic carbocycles. The summed E-state index contributed by atoms with van der Waals surface area (Å²) < 4.78 is 1.67. The van der Waals surface area contributed by atoms with Gasteiger partial charge in [0.2, 0.25) is 0 Å². The van der Waals surface area contributed by atoms with Gasteiger partial charge in [0.1, 0.15) is 0 Å². The predicted octanol–water partition coefficient (Wildman–Crippen LogP) is 1.26. The summed E-state index contributed by atoms with van der Waals surface area (Å²) in [5.41, 5.74) is 1.36. The van der Waals surface area contributed by atoms with Crippen molar-refractivity contribution in [1.29, 1.82) is 5.26 Å². The molecule has 1 saturated heterocycles. The van der Waals surface area contributed by atoms with Gasteiger partial charge in [-0.3, -0.25) is 4.79 Å². The van der Waals surface area contributed by atoms with E-state index in [2.05, 4.69) is 16.6 Å². The molecule has 1 N–H and O–H groups in total. The zero-order chi connectivity index (χ0) is 14.4. The van der Waals surface area contributed by atoms with E-state index < -0.39 is 0 Å². The number of hydrogen-bond acceptors (Lipinski definition) is 4. The summed E-state index contributed by atoms with van der Waals surface area (Å²) in [4.78, 5) is 13.0. The van der Waals surface area contributed by atoms with E-state index in [1.54, 1.807) is 22.5 Å². The Morgan fingerprint density at radius 3 is 2.70 bits per heavy atom. The molecule has 1 amide bonds. The van der Waals surface area contributed by atoms with Gasteiger partial charge in [-0.25, -0.2) is 4.52 Å². The second-order valence-electron chi connectivity index (χ2n) is 4.47. The van der Waals surface area contributed by atoms with Crippen LogP contribution < -0.4 is 5.32 Å². The SMILES string of the molecule is CNC(=O)c1cc2ccccn2n1.N#CN1CCCC1. The number of carbonyl (C=O) groups is 1. The summed E-state index contributed by atoms with van der Waals surface area (Å²) in [5.74, 6) is -0.163. The van der Waals surface area contributed by atoms with Gasteiger partial charge in [0.25, 0.3) is 5.91 Å². The Kier molecular flexibility index (Phi) is 4.56. The standard InChI is InChI=1S/C9H9N3O.C5H8N2/c1-10-9(13)8-6-7-4-2-3-5-12(7)11-8;6-5-7-3-1-2-4-7/h2-6H,1H3,(H,10,13);1-4H2. The molecule has 0 atom stereocenters. The normalized spacial score (nSPS) is 13.5. The molecule has 0 radical (unpaired) electrons. The molecule has 3 rings (SSSR count). The van der Waals surface area contributed by atoms with Crippen LogP contribution in [0.1, 0.15) is 23.3 Å². The number of nitriles is 1. The molecule has 0 aliphatic carbocycles. The van der Waals surface area contributed by atoms with Gasteiger partial charge in [-0.15, -0.1) is 0 Å². The van der Waals surface area contributed by atoms with Crippen LogP contribution in [-0.2, 0) is 0 Å². The summed E-state index contributed by atoms with van der Waals surface area (Å²) in [6, 6.07) is 7.43. The Morgan fingerprint density at radius 2 is 2.15 bits per heavy atom. The van der Waals surface area contributed by atoms with Crippen molar-refractivity contribution in [3.05, 3.63) is 36.2 Å². The van der Waals surface area contributed by atoms with Crippen LogP contribution in [0.5, 0.6) is 0 Å². The lowest BCUT2D eigenvalue weighted by atomic mass is 10.3. The number of amides is 1. The molecular formula is C14H17N5O. The maximum absolute atomic E-state index is 11.2. The number of hydrogen-bond donors (Lipinski definition) is 1. The molecule has 1 aliphatic rings. The van der Waals surface area contributed by atoms with E-state index in [9.17, 15) is 4.79 Å². The summed E-state index contributed by atoms with van der Waals surface area (Å²) in [6.45, 7) is 1.97. The monoisotopic (exact) mass is 271 g/mol. The molecule has 0 bridgehead atoms. The van der Waals surface area contributed by atoms with Crippen molar-refractivity contribution in [3.63, 3.8) is 0 Å². The molecule has 104 valence electrons. The van der Waals surface area contributed by atoms with E-state index in [4.69, 9.17) is 5.26 Å². The number of nitrogens with one attached hydrogen (secondary N) is 1. The van der Waals surface area contributed by atoms with Crippen LogP contribution in [0.4, 0.5) is 0 Å². The predicted molar refractivity (Wildman–Crippen MR) is 75.0 cm³/mol. The Balaban J connectivity index is 0.000000178. The molecule has 6 nitrogen and oxygen atoms in total. The highest BCUT2D eigenvalue weighted by Gasteiger charge is 2.07. The van der Waals surface area contributed by atoms with Crippen molar-refractivity contribution < 1.29 is 4.79 Å². The zero-order valence-corrected chi connectivity index (χ0v) is 11.4. The number of pyridine rings is 1. The maximum Gasteiger partial charge on any atom is 0.271 e. The molecule has 0 unspecified atom stereocenters. The van der Waals surface area contributed by atoms with Crippen LogP contribution in [0.3, 0.4) is 0 Å². The first-order chi connectivity index (χ1) is 9.74. The van der Waals surface area contributed by atoms with E-state index in [1.165, 1.54) is 12.8 Å². The lowest BCUT2D eigenvalue weighted by Crippen LogP contribution is -2.18. The maximum atomic E-state index is 11.2. The van der Waals surface area contributed by atoms with Gasteiger partial charge in [-0.2, -0.15) is 10.4 Å². The molecule has 0 saturated carbocycles. The average Bonchev–Trinajstić information content (AvgIpc) is 3.15. The number of carbonyl (C=O) groups excluding carboxylic acids is 1. The first-order valence-corrected chi connectivity index (χ1v) is 6.56. The molecule has 0 spiro atoms. The van der Waals surface area contributed by atoms with Gasteiger partial charge >= 0.3 is 0 Å². The number of nitrogens with zero attached hydrogens (tertiary/aromatic N) is 4. The second kappa shape index (κ2) is 6.57. The van der Waals surface area contributed by atoms with E-state index in [-0.39, 0.29) is 5.91 Å². The first-order valence-electron chi connectivity index (χ1n) is 6.56. The van der Waals surface area contributed by atoms with Crippen molar-refractivity contribution in [2.75, 3.05) is 20.1 Å². The summed E-state index contributed by atoms with van der Waals surface area (Å²) in [7, 11) is 1.59. The number of likely N-dealkylation sites (tertiary alicyclic amines) is 1. The first kappa shape index (κ1) is 13.9. The van der Waals surface area contributed by atoms with E-state index >= 15 is 0 Å². The average molecular weight is 271 g/mol. The fraction of sp³-hybridized carbons (Fsp3) is 0.357. The van der Waals surface area contributed by atoms with Crippen molar-refractivity contribution in [2.45, 2.75) is 12.8 Å². The molecule has 3 heterocycles. The smallest absolute Gasteiger partial charge is 0.271 e. The van der Waals surface area contributed by atoms with Crippen LogP contribution in [0.2, 0.25) is 0 Å². The third kappa shape index (κ3) is 3.26. The van der Waals surface area contributed by atoms with Gasteiger partial charge in [0.05, 0.1) is 5.52 Å². The quantitative estimate of drug-likeness (QED) is 0.792. The Labute approximate surface area is 117 Å². The lowest BCUT2D eigenvalue weighted by molar-refractivity contribution is 0.0958. The van der Waals surface area contributed by atoms with Crippen LogP contribution in [0, 0.1) is 11.5 Å². The highest BCUT2D eigenvalue weighted by Crippen LogP contribution is 2.05. The van der Waals surface area contributed by atoms with Crippen LogP contribution in [0.15, 0.2) is 30.5 Å². The minimum absolute atomic E-state index is 0.163. The van der Waals surface area contributed by atoms with Gasteiger partial charge in [-0.05, 0) is 31.0 Å². The molecular weight excluding hydrogens is 254 g/mol. The third-order valence-corrected chi connectivity index (χ3v) is 3.08. The molecule has 2 aromatic heterocycles. The van der Waals surface area contributed by atoms with Gasteiger partial charge < -0.3 is 10.2 Å². The minimum atomic E-state index is -0.163. The van der Waals surface area contributed by atoms with Crippen molar-refractivity contribution in [2.24, 2.45) is 0 Å². The van der Waals surface area contributed by atoms with Crippen molar-refractivity contribution in [1.82, 2.24) is 19.8 Å². The summed E-state index contributed by atoms with van der Waals surface area (Å²) in [5, 5.41) is 14.9. The third-order valence-electron chi connectivity index (χ3n) is 3.08. The van der Waals surface area contributed by atoms with Crippen molar-refractivity contribution >= 4 is 11.4 Å². The highest BCUT2D eigenvalue weighted by molar-refractivity contribution is 5.93. The number of aromatic nitrogens is 2. The van der Waals surface area contributed by atoms with Crippen LogP contribution >= 0.6 is 0 Å². The molecule has 20 heavy (non-hydrogen) atoms. The van der Waals surface area contributed by atoms with E-state index in [1.807, 2.05) is 24.4 Å². The number of fused-ring (bicyclic) bond motifs is 1. The molecule has 6 heteroatoms. The molecule has 2 aromatic rings. The summed E-state index contributed by atoms with van der Waals surface area (Å²) >= 11 is 0. The number of rotatable bonds is 1. The summed E-state index contributed by atoms with van der Waals surface area (Å²) in [6.07, 6.45) is 6.31. The van der Waals surface area contributed by atoms with Gasteiger partial charge in [0, 0.05) is 26.3 Å². The fourth-order valence-corrected chi connectivity index (χ4v) is 1.99. The van der Waals surface area contributed by atoms with Crippen LogP contribution in [-0.4, -0.2) is 40.6 Å². The molecule has 1 fully saturated rings. The zero-order valence-electron chi connectivity index (χ0n) is 11.4. The van der Waals surface area contributed by atoms with Crippen molar-refractivity contribution in [3.8, 4) is 6.19 Å². The van der Waals surface area contributed by atoms with Crippen LogP contribution in [0.25, 0.3) is 5.52 Å². The Bertz CT molecular complexity index is 589. The molecule has 1 aliphatic heterocycles. The largest absolute Gasteiger partial charge is 0.354 e. The topological polar surface area (TPSA) is 73.4 Å². The minimum Gasteiger partial charge on any atom is -0.354 e. The van der Waals surface area contributed by atoms with E-state index in [0.29, 0.717) is 5.69 Å². The van der Waals surface area contributed by atoms with E-state index in [0.717, 1.165) is 18.6 Å². The highest BCUT2D eigenvalue weighted by atomic mass is 16.1. The fourth-order valence-electron chi connectivity index (χ4n) is 1.99. The Hall–Kier alpha value is -2.55. The Morgan fingerprint density at radius 1 is 1.40 bits per heavy atom. The second-order valence-corrected chi connectivity index (χ2v) is 4.47. The van der Waals surface area contributed by atoms with Gasteiger partial charge in [-0.1, -0.05) is 6.07 Å². The lowest BCUT2D eigenvalue weighted by Gasteiger charge is -2.00.